The lowest BCUT2D eigenvalue weighted by Gasteiger charge is -2.15. The monoisotopic (exact) mass is 207 g/mol. The van der Waals surface area contributed by atoms with Crippen LogP contribution in [0.3, 0.4) is 0 Å². The van der Waals surface area contributed by atoms with Crippen molar-refractivity contribution in [2.24, 2.45) is 0 Å². The van der Waals surface area contributed by atoms with Crippen molar-refractivity contribution in [3.63, 3.8) is 0 Å². The summed E-state index contributed by atoms with van der Waals surface area (Å²) in [7, 11) is 1.99. The Morgan fingerprint density at radius 2 is 2.13 bits per heavy atom. The Bertz CT molecular complexity index is 282. The average Bonchev–Trinajstić information content (AvgIpc) is 2.29. The molecule has 1 N–H and O–H groups in total. The van der Waals surface area contributed by atoms with Crippen molar-refractivity contribution in [2.75, 3.05) is 13.7 Å². The first kappa shape index (κ1) is 12.1. The third-order valence-electron chi connectivity index (χ3n) is 2.49. The molecule has 1 aromatic rings. The molecule has 0 amide bonds. The smallest absolute Gasteiger partial charge is 0.119 e. The summed E-state index contributed by atoms with van der Waals surface area (Å²) < 4.78 is 5.61. The zero-order valence-corrected chi connectivity index (χ0v) is 9.92. The average molecular weight is 207 g/mol. The van der Waals surface area contributed by atoms with Crippen LogP contribution in [0.25, 0.3) is 0 Å². The summed E-state index contributed by atoms with van der Waals surface area (Å²) in [6.45, 7) is 5.09. The van der Waals surface area contributed by atoms with E-state index >= 15 is 0 Å². The van der Waals surface area contributed by atoms with Gasteiger partial charge in [-0.1, -0.05) is 26.0 Å². The van der Waals surface area contributed by atoms with Gasteiger partial charge in [0.2, 0.25) is 0 Å². The standard InChI is InChI=1S/C13H21NO/c1-4-9-15-12-8-6-7-11(10-12)13(5-2)14-3/h6-8,10,13-14H,4-5,9H2,1-3H3. The number of nitrogens with one attached hydrogen (secondary N) is 1. The quantitative estimate of drug-likeness (QED) is 0.773. The van der Waals surface area contributed by atoms with Crippen molar-refractivity contribution >= 4 is 0 Å². The molecule has 0 aliphatic heterocycles. The highest BCUT2D eigenvalue weighted by atomic mass is 16.5. The van der Waals surface area contributed by atoms with Crippen LogP contribution in [0.2, 0.25) is 0 Å². The van der Waals surface area contributed by atoms with Gasteiger partial charge in [-0.2, -0.15) is 0 Å². The summed E-state index contributed by atoms with van der Waals surface area (Å²) in [5, 5.41) is 3.30. The molecule has 2 nitrogen and oxygen atoms in total. The van der Waals surface area contributed by atoms with Crippen LogP contribution in [0, 0.1) is 0 Å². The molecule has 1 atom stereocenters. The van der Waals surface area contributed by atoms with Crippen molar-refractivity contribution < 1.29 is 4.74 Å². The molecule has 84 valence electrons. The summed E-state index contributed by atoms with van der Waals surface area (Å²) in [6.07, 6.45) is 2.14. The Labute approximate surface area is 92.6 Å². The SMILES string of the molecule is CCCOc1cccc(C(CC)NC)c1. The van der Waals surface area contributed by atoms with Crippen LogP contribution in [0.4, 0.5) is 0 Å². The molecule has 2 heteroatoms. The number of rotatable bonds is 6. The molecule has 1 aromatic carbocycles. The first-order chi connectivity index (χ1) is 7.31. The minimum absolute atomic E-state index is 0.426. The van der Waals surface area contributed by atoms with Gasteiger partial charge in [0.15, 0.2) is 0 Å². The lowest BCUT2D eigenvalue weighted by Crippen LogP contribution is -2.15. The normalized spacial score (nSPS) is 12.5. The number of benzene rings is 1. The Kier molecular flexibility index (Phi) is 5.19. The molecule has 0 saturated heterocycles. The van der Waals surface area contributed by atoms with Gasteiger partial charge in [-0.25, -0.2) is 0 Å². The molecular formula is C13H21NO. The van der Waals surface area contributed by atoms with E-state index in [1.807, 2.05) is 13.1 Å². The minimum Gasteiger partial charge on any atom is -0.494 e. The van der Waals surface area contributed by atoms with Crippen molar-refractivity contribution in [2.45, 2.75) is 32.7 Å². The van der Waals surface area contributed by atoms with E-state index in [1.165, 1.54) is 5.56 Å². The lowest BCUT2D eigenvalue weighted by atomic mass is 10.0. The van der Waals surface area contributed by atoms with E-state index in [9.17, 15) is 0 Å². The molecule has 0 aliphatic rings. The van der Waals surface area contributed by atoms with Crippen LogP contribution in [0.15, 0.2) is 24.3 Å². The van der Waals surface area contributed by atoms with Gasteiger partial charge < -0.3 is 10.1 Å². The Balaban J connectivity index is 2.72. The Morgan fingerprint density at radius 1 is 1.33 bits per heavy atom. The molecule has 0 aliphatic carbocycles. The summed E-state index contributed by atoms with van der Waals surface area (Å²) in [6, 6.07) is 8.77. The van der Waals surface area contributed by atoms with Gasteiger partial charge in [0.1, 0.15) is 5.75 Å². The zero-order chi connectivity index (χ0) is 11.1. The zero-order valence-electron chi connectivity index (χ0n) is 9.92. The molecule has 1 unspecified atom stereocenters. The summed E-state index contributed by atoms with van der Waals surface area (Å²) >= 11 is 0. The van der Waals surface area contributed by atoms with Crippen molar-refractivity contribution in [1.29, 1.82) is 0 Å². The van der Waals surface area contributed by atoms with Gasteiger partial charge in [0.05, 0.1) is 6.61 Å². The molecule has 0 fully saturated rings. The maximum absolute atomic E-state index is 5.61. The van der Waals surface area contributed by atoms with E-state index in [2.05, 4.69) is 37.4 Å². The van der Waals surface area contributed by atoms with Gasteiger partial charge in [-0.15, -0.1) is 0 Å². The van der Waals surface area contributed by atoms with E-state index in [0.717, 1.165) is 25.2 Å². The van der Waals surface area contributed by atoms with Gasteiger partial charge in [0.25, 0.3) is 0 Å². The molecule has 0 radical (unpaired) electrons. The van der Waals surface area contributed by atoms with Crippen LogP contribution in [-0.4, -0.2) is 13.7 Å². The first-order valence-electron chi connectivity index (χ1n) is 5.71. The predicted molar refractivity (Wildman–Crippen MR) is 64.3 cm³/mol. The highest BCUT2D eigenvalue weighted by molar-refractivity contribution is 5.30. The van der Waals surface area contributed by atoms with E-state index < -0.39 is 0 Å². The van der Waals surface area contributed by atoms with Gasteiger partial charge >= 0.3 is 0 Å². The van der Waals surface area contributed by atoms with E-state index in [1.54, 1.807) is 0 Å². The van der Waals surface area contributed by atoms with Gasteiger partial charge in [0, 0.05) is 6.04 Å². The van der Waals surface area contributed by atoms with Crippen LogP contribution in [-0.2, 0) is 0 Å². The van der Waals surface area contributed by atoms with Gasteiger partial charge in [-0.05, 0) is 37.6 Å². The molecule has 15 heavy (non-hydrogen) atoms. The van der Waals surface area contributed by atoms with Crippen molar-refractivity contribution in [3.05, 3.63) is 29.8 Å². The highest BCUT2D eigenvalue weighted by Gasteiger charge is 2.06. The predicted octanol–water partition coefficient (Wildman–Crippen LogP) is 3.15. The summed E-state index contributed by atoms with van der Waals surface area (Å²) in [5.74, 6) is 0.975. The maximum atomic E-state index is 5.61. The number of hydrogen-bond donors (Lipinski definition) is 1. The molecule has 0 heterocycles. The third-order valence-corrected chi connectivity index (χ3v) is 2.49. The number of hydrogen-bond acceptors (Lipinski definition) is 2. The first-order valence-corrected chi connectivity index (χ1v) is 5.71. The molecular weight excluding hydrogens is 186 g/mol. The van der Waals surface area contributed by atoms with Crippen LogP contribution in [0.1, 0.15) is 38.3 Å². The van der Waals surface area contributed by atoms with E-state index in [0.29, 0.717) is 6.04 Å². The second kappa shape index (κ2) is 6.46. The van der Waals surface area contributed by atoms with E-state index in [4.69, 9.17) is 4.74 Å². The van der Waals surface area contributed by atoms with Crippen LogP contribution >= 0.6 is 0 Å². The molecule has 0 spiro atoms. The van der Waals surface area contributed by atoms with Crippen molar-refractivity contribution in [3.8, 4) is 5.75 Å². The van der Waals surface area contributed by atoms with E-state index in [-0.39, 0.29) is 0 Å². The third kappa shape index (κ3) is 3.56. The summed E-state index contributed by atoms with van der Waals surface area (Å²) in [5.41, 5.74) is 1.30. The fraction of sp³-hybridized carbons (Fsp3) is 0.538. The topological polar surface area (TPSA) is 21.3 Å². The number of ether oxygens (including phenoxy) is 1. The Hall–Kier alpha value is -1.02. The largest absolute Gasteiger partial charge is 0.494 e. The fourth-order valence-corrected chi connectivity index (χ4v) is 1.65. The molecule has 0 bridgehead atoms. The fourth-order valence-electron chi connectivity index (χ4n) is 1.65. The second-order valence-corrected chi connectivity index (χ2v) is 3.67. The lowest BCUT2D eigenvalue weighted by molar-refractivity contribution is 0.316. The molecule has 1 rings (SSSR count). The summed E-state index contributed by atoms with van der Waals surface area (Å²) in [4.78, 5) is 0. The highest BCUT2D eigenvalue weighted by Crippen LogP contribution is 2.21. The Morgan fingerprint density at radius 3 is 2.73 bits per heavy atom. The maximum Gasteiger partial charge on any atom is 0.119 e. The molecule has 0 aromatic heterocycles. The van der Waals surface area contributed by atoms with Gasteiger partial charge in [-0.3, -0.25) is 0 Å². The van der Waals surface area contributed by atoms with Crippen LogP contribution < -0.4 is 10.1 Å². The van der Waals surface area contributed by atoms with Crippen molar-refractivity contribution in [1.82, 2.24) is 5.32 Å². The molecule has 0 saturated carbocycles. The van der Waals surface area contributed by atoms with Crippen LogP contribution in [0.5, 0.6) is 5.75 Å². The minimum atomic E-state index is 0.426. The second-order valence-electron chi connectivity index (χ2n) is 3.67.